The summed E-state index contributed by atoms with van der Waals surface area (Å²) in [5.74, 6) is 0. The molecule has 0 rings (SSSR count). The van der Waals surface area contributed by atoms with E-state index in [4.69, 9.17) is 15.2 Å². The van der Waals surface area contributed by atoms with Crippen molar-refractivity contribution in [1.82, 2.24) is 4.90 Å². The van der Waals surface area contributed by atoms with Gasteiger partial charge in [0, 0.05) is 13.2 Å². The van der Waals surface area contributed by atoms with Crippen molar-refractivity contribution in [1.29, 1.82) is 0 Å². The van der Waals surface area contributed by atoms with Gasteiger partial charge in [-0.25, -0.2) is 0 Å². The molecule has 0 aliphatic carbocycles. The monoisotopic (exact) mass is 316 g/mol. The molecule has 0 bridgehead atoms. The smallest absolute Gasteiger partial charge is 0.0701 e. The largest absolute Gasteiger partial charge is 0.379 e. The van der Waals surface area contributed by atoms with Crippen LogP contribution in [0.2, 0.25) is 0 Å². The zero-order chi connectivity index (χ0) is 16.3. The third-order valence-corrected chi connectivity index (χ3v) is 3.78. The molecule has 0 aromatic carbocycles. The van der Waals surface area contributed by atoms with Crippen molar-refractivity contribution in [2.75, 3.05) is 52.6 Å². The molecule has 0 aliphatic heterocycles. The highest BCUT2D eigenvalue weighted by atomic mass is 16.5. The van der Waals surface area contributed by atoms with Crippen molar-refractivity contribution < 1.29 is 9.47 Å². The molecule has 4 heteroatoms. The van der Waals surface area contributed by atoms with Gasteiger partial charge in [-0.15, -0.1) is 0 Å². The SMILES string of the molecule is CCCCCCN(CCCCCN)CCOCCOCCC. The number of rotatable bonds is 18. The van der Waals surface area contributed by atoms with Gasteiger partial charge < -0.3 is 20.1 Å². The minimum Gasteiger partial charge on any atom is -0.379 e. The first kappa shape index (κ1) is 21.8. The molecule has 0 amide bonds. The van der Waals surface area contributed by atoms with Gasteiger partial charge >= 0.3 is 0 Å². The van der Waals surface area contributed by atoms with Crippen molar-refractivity contribution in [2.24, 2.45) is 5.73 Å². The first-order valence-corrected chi connectivity index (χ1v) is 9.43. The number of hydrogen-bond donors (Lipinski definition) is 1. The van der Waals surface area contributed by atoms with Crippen LogP contribution in [0.3, 0.4) is 0 Å². The molecule has 0 saturated carbocycles. The van der Waals surface area contributed by atoms with E-state index in [0.29, 0.717) is 0 Å². The molecule has 0 fully saturated rings. The Hall–Kier alpha value is -0.160. The van der Waals surface area contributed by atoms with Crippen LogP contribution in [0, 0.1) is 0 Å². The maximum Gasteiger partial charge on any atom is 0.0701 e. The minimum absolute atomic E-state index is 0.719. The van der Waals surface area contributed by atoms with Crippen LogP contribution in [0.15, 0.2) is 0 Å². The number of nitrogens with two attached hydrogens (primary N) is 1. The predicted octanol–water partition coefficient (Wildman–Crippen LogP) is 3.44. The van der Waals surface area contributed by atoms with E-state index >= 15 is 0 Å². The van der Waals surface area contributed by atoms with E-state index in [1.165, 1.54) is 51.6 Å². The predicted molar refractivity (Wildman–Crippen MR) is 95.4 cm³/mol. The molecule has 0 aliphatic rings. The van der Waals surface area contributed by atoms with Gasteiger partial charge in [0.2, 0.25) is 0 Å². The number of ether oxygens (including phenoxy) is 2. The van der Waals surface area contributed by atoms with Gasteiger partial charge in [-0.1, -0.05) is 39.5 Å². The average molecular weight is 317 g/mol. The van der Waals surface area contributed by atoms with Crippen LogP contribution in [0.1, 0.15) is 65.2 Å². The molecule has 0 atom stereocenters. The zero-order valence-electron chi connectivity index (χ0n) is 15.2. The van der Waals surface area contributed by atoms with Crippen molar-refractivity contribution in [2.45, 2.75) is 65.2 Å². The van der Waals surface area contributed by atoms with E-state index in [0.717, 1.165) is 52.4 Å². The summed E-state index contributed by atoms with van der Waals surface area (Å²) >= 11 is 0. The Bertz CT molecular complexity index is 192. The van der Waals surface area contributed by atoms with Crippen molar-refractivity contribution in [3.63, 3.8) is 0 Å². The molecule has 0 saturated heterocycles. The Kier molecular flexibility index (Phi) is 18.8. The summed E-state index contributed by atoms with van der Waals surface area (Å²) in [5.41, 5.74) is 5.56. The van der Waals surface area contributed by atoms with Crippen molar-refractivity contribution in [3.05, 3.63) is 0 Å². The summed E-state index contributed by atoms with van der Waals surface area (Å²) < 4.78 is 11.1. The van der Waals surface area contributed by atoms with Gasteiger partial charge in [0.1, 0.15) is 0 Å². The Labute approximate surface area is 138 Å². The maximum atomic E-state index is 5.68. The molecule has 4 nitrogen and oxygen atoms in total. The fourth-order valence-electron chi connectivity index (χ4n) is 2.41. The lowest BCUT2D eigenvalue weighted by molar-refractivity contribution is 0.0384. The fourth-order valence-corrected chi connectivity index (χ4v) is 2.41. The zero-order valence-corrected chi connectivity index (χ0v) is 15.2. The second-order valence-electron chi connectivity index (χ2n) is 5.98. The molecule has 0 unspecified atom stereocenters. The number of nitrogens with zero attached hydrogens (tertiary/aromatic N) is 1. The van der Waals surface area contributed by atoms with Crippen LogP contribution in [0.25, 0.3) is 0 Å². The summed E-state index contributed by atoms with van der Waals surface area (Å²) in [6.07, 6.45) is 10.0. The summed E-state index contributed by atoms with van der Waals surface area (Å²) in [5, 5.41) is 0. The van der Waals surface area contributed by atoms with Crippen LogP contribution in [0.4, 0.5) is 0 Å². The molecule has 0 spiro atoms. The van der Waals surface area contributed by atoms with E-state index in [2.05, 4.69) is 18.7 Å². The normalized spacial score (nSPS) is 11.5. The van der Waals surface area contributed by atoms with E-state index in [1.807, 2.05) is 0 Å². The number of hydrogen-bond acceptors (Lipinski definition) is 4. The lowest BCUT2D eigenvalue weighted by Crippen LogP contribution is -2.30. The molecule has 0 aromatic heterocycles. The molecule has 0 aromatic rings. The first-order chi connectivity index (χ1) is 10.8. The highest BCUT2D eigenvalue weighted by Gasteiger charge is 2.04. The van der Waals surface area contributed by atoms with Crippen LogP contribution in [-0.2, 0) is 9.47 Å². The summed E-state index contributed by atoms with van der Waals surface area (Å²) in [6, 6.07) is 0. The molecule has 134 valence electrons. The lowest BCUT2D eigenvalue weighted by Gasteiger charge is -2.22. The third-order valence-electron chi connectivity index (χ3n) is 3.78. The van der Waals surface area contributed by atoms with E-state index in [-0.39, 0.29) is 0 Å². The quantitative estimate of drug-likeness (QED) is 0.394. The van der Waals surface area contributed by atoms with E-state index in [1.54, 1.807) is 0 Å². The molecule has 2 N–H and O–H groups in total. The molecular formula is C18H40N2O2. The van der Waals surface area contributed by atoms with Gasteiger partial charge in [-0.05, 0) is 45.3 Å². The molecule has 0 heterocycles. The van der Waals surface area contributed by atoms with Crippen LogP contribution >= 0.6 is 0 Å². The van der Waals surface area contributed by atoms with Crippen molar-refractivity contribution >= 4 is 0 Å². The lowest BCUT2D eigenvalue weighted by atomic mass is 10.2. The fraction of sp³-hybridized carbons (Fsp3) is 1.00. The van der Waals surface area contributed by atoms with E-state index in [9.17, 15) is 0 Å². The summed E-state index contributed by atoms with van der Waals surface area (Å²) in [6.45, 7) is 11.7. The third kappa shape index (κ3) is 16.2. The maximum absolute atomic E-state index is 5.68. The molecular weight excluding hydrogens is 276 g/mol. The highest BCUT2D eigenvalue weighted by molar-refractivity contribution is 4.59. The van der Waals surface area contributed by atoms with Gasteiger partial charge in [0.05, 0.1) is 19.8 Å². The van der Waals surface area contributed by atoms with Gasteiger partial charge in [-0.3, -0.25) is 0 Å². The molecule has 0 radical (unpaired) electrons. The summed E-state index contributed by atoms with van der Waals surface area (Å²) in [4.78, 5) is 2.55. The highest BCUT2D eigenvalue weighted by Crippen LogP contribution is 2.04. The van der Waals surface area contributed by atoms with Gasteiger partial charge in [-0.2, -0.15) is 0 Å². The topological polar surface area (TPSA) is 47.7 Å². The Morgan fingerprint density at radius 1 is 0.636 bits per heavy atom. The Morgan fingerprint density at radius 3 is 1.86 bits per heavy atom. The second kappa shape index (κ2) is 18.9. The van der Waals surface area contributed by atoms with Crippen molar-refractivity contribution in [3.8, 4) is 0 Å². The number of unbranched alkanes of at least 4 members (excludes halogenated alkanes) is 5. The van der Waals surface area contributed by atoms with E-state index < -0.39 is 0 Å². The van der Waals surface area contributed by atoms with Crippen LogP contribution < -0.4 is 5.73 Å². The van der Waals surface area contributed by atoms with Crippen LogP contribution in [0.5, 0.6) is 0 Å². The van der Waals surface area contributed by atoms with Gasteiger partial charge in [0.25, 0.3) is 0 Å². The standard InChI is InChI=1S/C18H40N2O2/c1-3-5-6-9-12-20(13-10-7-8-11-19)14-16-22-18-17-21-15-4-2/h3-19H2,1-2H3. The molecule has 22 heavy (non-hydrogen) atoms. The minimum atomic E-state index is 0.719. The Balaban J connectivity index is 3.66. The Morgan fingerprint density at radius 2 is 1.27 bits per heavy atom. The summed E-state index contributed by atoms with van der Waals surface area (Å²) in [7, 11) is 0. The first-order valence-electron chi connectivity index (χ1n) is 9.43. The average Bonchev–Trinajstić information content (AvgIpc) is 2.53. The van der Waals surface area contributed by atoms with Crippen LogP contribution in [-0.4, -0.2) is 57.5 Å². The second-order valence-corrected chi connectivity index (χ2v) is 5.98. The van der Waals surface area contributed by atoms with Gasteiger partial charge in [0.15, 0.2) is 0 Å².